The summed E-state index contributed by atoms with van der Waals surface area (Å²) in [6.07, 6.45) is 0.988. The number of nitrogens with one attached hydrogen (secondary N) is 1. The number of piperidine rings is 1. The molecule has 2 amide bonds. The molecule has 0 aromatic heterocycles. The van der Waals surface area contributed by atoms with Crippen LogP contribution in [-0.2, 0) is 11.3 Å². The fourth-order valence-electron chi connectivity index (χ4n) is 3.24. The van der Waals surface area contributed by atoms with Gasteiger partial charge < -0.3 is 19.9 Å². The SMILES string of the molecule is COCc1c(Cl)cccc1NC(=O)N(C)C1CCN(C)CC1C. The summed E-state index contributed by atoms with van der Waals surface area (Å²) in [5.41, 5.74) is 1.51. The summed E-state index contributed by atoms with van der Waals surface area (Å²) in [6.45, 7) is 4.58. The summed E-state index contributed by atoms with van der Waals surface area (Å²) in [7, 11) is 5.60. The van der Waals surface area contributed by atoms with Crippen molar-refractivity contribution in [2.75, 3.05) is 39.6 Å². The van der Waals surface area contributed by atoms with E-state index >= 15 is 0 Å². The van der Waals surface area contributed by atoms with Crippen molar-refractivity contribution in [2.24, 2.45) is 5.92 Å². The van der Waals surface area contributed by atoms with Crippen molar-refractivity contribution in [3.05, 3.63) is 28.8 Å². The number of hydrogen-bond acceptors (Lipinski definition) is 3. The molecule has 1 fully saturated rings. The van der Waals surface area contributed by atoms with E-state index in [1.54, 1.807) is 13.2 Å². The highest BCUT2D eigenvalue weighted by atomic mass is 35.5. The van der Waals surface area contributed by atoms with Crippen molar-refractivity contribution in [1.29, 1.82) is 0 Å². The number of halogens is 1. The topological polar surface area (TPSA) is 44.8 Å². The summed E-state index contributed by atoms with van der Waals surface area (Å²) < 4.78 is 5.18. The molecule has 128 valence electrons. The third-order valence-electron chi connectivity index (χ3n) is 4.53. The molecule has 1 aromatic carbocycles. The number of likely N-dealkylation sites (tertiary alicyclic amines) is 1. The van der Waals surface area contributed by atoms with Crippen LogP contribution in [0.3, 0.4) is 0 Å². The molecule has 1 N–H and O–H groups in total. The van der Waals surface area contributed by atoms with Gasteiger partial charge in [0.15, 0.2) is 0 Å². The van der Waals surface area contributed by atoms with Crippen LogP contribution in [0.4, 0.5) is 10.5 Å². The predicted octanol–water partition coefficient (Wildman–Crippen LogP) is 3.29. The summed E-state index contributed by atoms with van der Waals surface area (Å²) >= 11 is 6.21. The van der Waals surface area contributed by atoms with E-state index in [4.69, 9.17) is 16.3 Å². The molecule has 0 spiro atoms. The van der Waals surface area contributed by atoms with Crippen LogP contribution in [0.25, 0.3) is 0 Å². The second kappa shape index (κ2) is 7.99. The van der Waals surface area contributed by atoms with Crippen LogP contribution < -0.4 is 5.32 Å². The number of methoxy groups -OCH3 is 1. The molecule has 2 atom stereocenters. The van der Waals surface area contributed by atoms with E-state index in [1.807, 2.05) is 24.1 Å². The molecule has 1 saturated heterocycles. The van der Waals surface area contributed by atoms with Gasteiger partial charge in [-0.15, -0.1) is 0 Å². The van der Waals surface area contributed by atoms with E-state index in [1.165, 1.54) is 0 Å². The molecule has 0 saturated carbocycles. The van der Waals surface area contributed by atoms with Crippen molar-refractivity contribution in [2.45, 2.75) is 26.0 Å². The summed E-state index contributed by atoms with van der Waals surface area (Å²) in [6, 6.07) is 5.62. The lowest BCUT2D eigenvalue weighted by Crippen LogP contribution is -2.50. The van der Waals surface area contributed by atoms with Gasteiger partial charge in [-0.2, -0.15) is 0 Å². The number of carbonyl (C=O) groups excluding carboxylic acids is 1. The Kier molecular flexibility index (Phi) is 6.27. The number of amides is 2. The standard InChI is InChI=1S/C17H26ClN3O2/c1-12-10-20(2)9-8-16(12)21(3)17(22)19-15-7-5-6-14(18)13(15)11-23-4/h5-7,12,16H,8-11H2,1-4H3,(H,19,22). The van der Waals surface area contributed by atoms with Crippen LogP contribution >= 0.6 is 11.6 Å². The van der Waals surface area contributed by atoms with Gasteiger partial charge in [0, 0.05) is 43.0 Å². The van der Waals surface area contributed by atoms with Crippen LogP contribution in [0.15, 0.2) is 18.2 Å². The van der Waals surface area contributed by atoms with Crippen LogP contribution in [0.5, 0.6) is 0 Å². The van der Waals surface area contributed by atoms with Crippen molar-refractivity contribution in [3.8, 4) is 0 Å². The van der Waals surface area contributed by atoms with Gasteiger partial charge in [-0.25, -0.2) is 4.79 Å². The molecule has 0 radical (unpaired) electrons. The Morgan fingerprint density at radius 3 is 2.91 bits per heavy atom. The maximum Gasteiger partial charge on any atom is 0.321 e. The second-order valence-electron chi connectivity index (χ2n) is 6.34. The number of ether oxygens (including phenoxy) is 1. The fraction of sp³-hybridized carbons (Fsp3) is 0.588. The molecule has 23 heavy (non-hydrogen) atoms. The minimum atomic E-state index is -0.106. The first-order valence-corrected chi connectivity index (χ1v) is 8.30. The summed E-state index contributed by atoms with van der Waals surface area (Å²) in [5, 5.41) is 3.57. The third-order valence-corrected chi connectivity index (χ3v) is 4.88. The van der Waals surface area contributed by atoms with Gasteiger partial charge in [0.2, 0.25) is 0 Å². The third kappa shape index (κ3) is 4.37. The highest BCUT2D eigenvalue weighted by molar-refractivity contribution is 6.31. The number of benzene rings is 1. The van der Waals surface area contributed by atoms with Gasteiger partial charge in [0.25, 0.3) is 0 Å². The zero-order valence-electron chi connectivity index (χ0n) is 14.3. The van der Waals surface area contributed by atoms with Gasteiger partial charge in [-0.05, 0) is 38.1 Å². The Hall–Kier alpha value is -1.30. The molecule has 5 nitrogen and oxygen atoms in total. The van der Waals surface area contributed by atoms with E-state index in [0.717, 1.165) is 25.1 Å². The molecule has 0 aliphatic carbocycles. The van der Waals surface area contributed by atoms with Gasteiger partial charge in [-0.1, -0.05) is 24.6 Å². The largest absolute Gasteiger partial charge is 0.380 e. The van der Waals surface area contributed by atoms with E-state index < -0.39 is 0 Å². The summed E-state index contributed by atoms with van der Waals surface area (Å²) in [4.78, 5) is 16.7. The minimum Gasteiger partial charge on any atom is -0.380 e. The Bertz CT molecular complexity index is 553. The number of urea groups is 1. The van der Waals surface area contributed by atoms with Crippen LogP contribution in [0.1, 0.15) is 18.9 Å². The van der Waals surface area contributed by atoms with Crippen LogP contribution in [0.2, 0.25) is 5.02 Å². The van der Waals surface area contributed by atoms with Crippen molar-refractivity contribution in [1.82, 2.24) is 9.80 Å². The fourth-order valence-corrected chi connectivity index (χ4v) is 3.47. The lowest BCUT2D eigenvalue weighted by Gasteiger charge is -2.39. The molecule has 2 rings (SSSR count). The molecule has 1 aliphatic heterocycles. The number of rotatable bonds is 4. The Morgan fingerprint density at radius 2 is 2.26 bits per heavy atom. The highest BCUT2D eigenvalue weighted by Gasteiger charge is 2.30. The first-order chi connectivity index (χ1) is 10.9. The number of anilines is 1. The van der Waals surface area contributed by atoms with E-state index in [-0.39, 0.29) is 12.1 Å². The van der Waals surface area contributed by atoms with E-state index in [9.17, 15) is 4.79 Å². The molecular formula is C17H26ClN3O2. The van der Waals surface area contributed by atoms with Gasteiger partial charge in [0.05, 0.1) is 6.61 Å². The number of hydrogen-bond donors (Lipinski definition) is 1. The Labute approximate surface area is 143 Å². The highest BCUT2D eigenvalue weighted by Crippen LogP contribution is 2.26. The van der Waals surface area contributed by atoms with Crippen molar-refractivity contribution >= 4 is 23.3 Å². The molecular weight excluding hydrogens is 314 g/mol. The summed E-state index contributed by atoms with van der Waals surface area (Å²) in [5.74, 6) is 0.447. The average molecular weight is 340 g/mol. The van der Waals surface area contributed by atoms with Gasteiger partial charge in [0.1, 0.15) is 0 Å². The Morgan fingerprint density at radius 1 is 1.52 bits per heavy atom. The van der Waals surface area contributed by atoms with Gasteiger partial charge >= 0.3 is 6.03 Å². The van der Waals surface area contributed by atoms with Crippen molar-refractivity contribution in [3.63, 3.8) is 0 Å². The molecule has 6 heteroatoms. The quantitative estimate of drug-likeness (QED) is 0.915. The molecule has 1 aliphatic rings. The maximum absolute atomic E-state index is 12.6. The molecule has 2 unspecified atom stereocenters. The maximum atomic E-state index is 12.6. The smallest absolute Gasteiger partial charge is 0.321 e. The Balaban J connectivity index is 2.08. The monoisotopic (exact) mass is 339 g/mol. The van der Waals surface area contributed by atoms with E-state index in [2.05, 4.69) is 24.2 Å². The lowest BCUT2D eigenvalue weighted by molar-refractivity contribution is 0.113. The van der Waals surface area contributed by atoms with Crippen LogP contribution in [0, 0.1) is 5.92 Å². The van der Waals surface area contributed by atoms with Gasteiger partial charge in [-0.3, -0.25) is 0 Å². The van der Waals surface area contributed by atoms with E-state index in [0.29, 0.717) is 23.2 Å². The zero-order chi connectivity index (χ0) is 17.0. The molecule has 1 aromatic rings. The van der Waals surface area contributed by atoms with Crippen molar-refractivity contribution < 1.29 is 9.53 Å². The first-order valence-electron chi connectivity index (χ1n) is 7.92. The van der Waals surface area contributed by atoms with Crippen LogP contribution in [-0.4, -0.2) is 56.2 Å². The normalized spacial score (nSPS) is 22.0. The molecule has 1 heterocycles. The lowest BCUT2D eigenvalue weighted by atomic mass is 9.93. The average Bonchev–Trinajstić information content (AvgIpc) is 2.50. The molecule has 0 bridgehead atoms. The zero-order valence-corrected chi connectivity index (χ0v) is 15.1. The number of nitrogens with zero attached hydrogens (tertiary/aromatic N) is 2. The first kappa shape index (κ1) is 18.0. The predicted molar refractivity (Wildman–Crippen MR) is 94.0 cm³/mol. The second-order valence-corrected chi connectivity index (χ2v) is 6.74. The minimum absolute atomic E-state index is 0.106. The number of carbonyl (C=O) groups is 1.